The van der Waals surface area contributed by atoms with E-state index >= 15 is 0 Å². The molecule has 0 radical (unpaired) electrons. The molecule has 0 aromatic carbocycles. The molecule has 0 atom stereocenters. The van der Waals surface area contributed by atoms with Gasteiger partial charge in [-0.05, 0) is 30.9 Å². The van der Waals surface area contributed by atoms with E-state index in [2.05, 4.69) is 24.2 Å². The molecule has 0 bridgehead atoms. The summed E-state index contributed by atoms with van der Waals surface area (Å²) < 4.78 is 5.19. The molecule has 18 heavy (non-hydrogen) atoms. The maximum Gasteiger partial charge on any atom is 0.301 e. The van der Waals surface area contributed by atoms with Crippen molar-refractivity contribution in [2.75, 3.05) is 13.1 Å². The number of hydrazine groups is 1. The molecule has 2 rings (SSSR count). The van der Waals surface area contributed by atoms with Gasteiger partial charge in [-0.15, -0.1) is 0 Å². The Hall–Kier alpha value is -1.33. The number of carbonyl (C=O) groups excluding carboxylic acids is 1. The summed E-state index contributed by atoms with van der Waals surface area (Å²) in [5, 5.41) is 0. The number of nitrogens with two attached hydrogens (primary N) is 1. The molecular weight excluding hydrogens is 230 g/mol. The smallest absolute Gasteiger partial charge is 0.301 e. The largest absolute Gasteiger partial charge is 0.459 e. The third-order valence-corrected chi connectivity index (χ3v) is 3.46. The SMILES string of the molecule is CC1(C)CCCN(Cc2ccoc2C(=O)NN)C1. The van der Waals surface area contributed by atoms with Gasteiger partial charge in [-0.2, -0.15) is 0 Å². The van der Waals surface area contributed by atoms with Crippen LogP contribution in [0, 0.1) is 5.41 Å². The molecule has 1 aromatic rings. The van der Waals surface area contributed by atoms with Crippen molar-refractivity contribution >= 4 is 5.91 Å². The number of nitrogen functional groups attached to an aromatic ring is 1. The van der Waals surface area contributed by atoms with Crippen LogP contribution in [0.4, 0.5) is 0 Å². The second kappa shape index (κ2) is 5.12. The summed E-state index contributed by atoms with van der Waals surface area (Å²) in [6.07, 6.45) is 3.99. The van der Waals surface area contributed by atoms with Crippen molar-refractivity contribution in [1.82, 2.24) is 10.3 Å². The normalized spacial score (nSPS) is 19.7. The third kappa shape index (κ3) is 2.91. The van der Waals surface area contributed by atoms with E-state index in [4.69, 9.17) is 10.3 Å². The Morgan fingerprint density at radius 1 is 1.61 bits per heavy atom. The summed E-state index contributed by atoms with van der Waals surface area (Å²) in [4.78, 5) is 13.9. The van der Waals surface area contributed by atoms with Crippen molar-refractivity contribution in [3.05, 3.63) is 23.7 Å². The first-order valence-electron chi connectivity index (χ1n) is 6.31. The van der Waals surface area contributed by atoms with Gasteiger partial charge in [0, 0.05) is 18.7 Å². The Morgan fingerprint density at radius 3 is 3.06 bits per heavy atom. The first-order valence-corrected chi connectivity index (χ1v) is 6.31. The Morgan fingerprint density at radius 2 is 2.39 bits per heavy atom. The first-order chi connectivity index (χ1) is 8.52. The Kier molecular flexibility index (Phi) is 3.73. The van der Waals surface area contributed by atoms with Crippen LogP contribution in [0.25, 0.3) is 0 Å². The number of furan rings is 1. The molecule has 5 heteroatoms. The van der Waals surface area contributed by atoms with Crippen molar-refractivity contribution in [2.45, 2.75) is 33.2 Å². The van der Waals surface area contributed by atoms with Crippen molar-refractivity contribution in [3.63, 3.8) is 0 Å². The summed E-state index contributed by atoms with van der Waals surface area (Å²) in [5.74, 6) is 5.09. The van der Waals surface area contributed by atoms with E-state index in [-0.39, 0.29) is 5.91 Å². The van der Waals surface area contributed by atoms with Crippen LogP contribution in [-0.4, -0.2) is 23.9 Å². The summed E-state index contributed by atoms with van der Waals surface area (Å²) in [7, 11) is 0. The zero-order valence-electron chi connectivity index (χ0n) is 11.0. The zero-order valence-corrected chi connectivity index (χ0v) is 11.0. The van der Waals surface area contributed by atoms with Crippen LogP contribution in [0.1, 0.15) is 42.8 Å². The molecule has 0 unspecified atom stereocenters. The highest BCUT2D eigenvalue weighted by Crippen LogP contribution is 2.29. The van der Waals surface area contributed by atoms with Crippen LogP contribution in [-0.2, 0) is 6.54 Å². The quantitative estimate of drug-likeness (QED) is 0.485. The van der Waals surface area contributed by atoms with Gasteiger partial charge in [-0.1, -0.05) is 13.8 Å². The van der Waals surface area contributed by atoms with Gasteiger partial charge in [-0.3, -0.25) is 15.1 Å². The molecule has 3 N–H and O–H groups in total. The van der Waals surface area contributed by atoms with Gasteiger partial charge in [-0.25, -0.2) is 5.84 Å². The van der Waals surface area contributed by atoms with Crippen molar-refractivity contribution in [1.29, 1.82) is 0 Å². The molecular formula is C13H21N3O2. The van der Waals surface area contributed by atoms with E-state index in [9.17, 15) is 4.79 Å². The van der Waals surface area contributed by atoms with Crippen LogP contribution >= 0.6 is 0 Å². The number of amides is 1. The molecule has 1 fully saturated rings. The maximum absolute atomic E-state index is 11.5. The molecule has 1 aliphatic rings. The summed E-state index contributed by atoms with van der Waals surface area (Å²) in [6, 6.07) is 1.84. The molecule has 0 saturated carbocycles. The van der Waals surface area contributed by atoms with E-state index in [0.717, 1.165) is 25.2 Å². The Bertz CT molecular complexity index is 426. The van der Waals surface area contributed by atoms with Crippen LogP contribution in [0.5, 0.6) is 0 Å². The van der Waals surface area contributed by atoms with E-state index in [1.54, 1.807) is 0 Å². The molecule has 5 nitrogen and oxygen atoms in total. The van der Waals surface area contributed by atoms with Crippen LogP contribution in [0.3, 0.4) is 0 Å². The number of nitrogens with one attached hydrogen (secondary N) is 1. The number of hydrogen-bond donors (Lipinski definition) is 2. The molecule has 1 amide bonds. The van der Waals surface area contributed by atoms with Gasteiger partial charge < -0.3 is 4.42 Å². The minimum atomic E-state index is -0.369. The average molecular weight is 251 g/mol. The lowest BCUT2D eigenvalue weighted by Crippen LogP contribution is -2.40. The van der Waals surface area contributed by atoms with Gasteiger partial charge in [0.15, 0.2) is 5.76 Å². The molecule has 0 aliphatic carbocycles. The highest BCUT2D eigenvalue weighted by Gasteiger charge is 2.27. The number of hydrogen-bond acceptors (Lipinski definition) is 4. The third-order valence-electron chi connectivity index (χ3n) is 3.46. The van der Waals surface area contributed by atoms with Crippen molar-refractivity contribution in [3.8, 4) is 0 Å². The van der Waals surface area contributed by atoms with Crippen LogP contribution in [0.2, 0.25) is 0 Å². The summed E-state index contributed by atoms with van der Waals surface area (Å²) in [6.45, 7) is 7.41. The summed E-state index contributed by atoms with van der Waals surface area (Å²) in [5.41, 5.74) is 3.35. The fourth-order valence-corrected chi connectivity index (χ4v) is 2.65. The number of carbonyl (C=O) groups is 1. The minimum Gasteiger partial charge on any atom is -0.459 e. The average Bonchev–Trinajstić information content (AvgIpc) is 2.75. The van der Waals surface area contributed by atoms with Crippen molar-refractivity contribution < 1.29 is 9.21 Å². The number of rotatable bonds is 3. The van der Waals surface area contributed by atoms with E-state index in [1.807, 2.05) is 6.07 Å². The second-order valence-electron chi connectivity index (χ2n) is 5.73. The fraction of sp³-hybridized carbons (Fsp3) is 0.615. The minimum absolute atomic E-state index is 0.320. The topological polar surface area (TPSA) is 71.5 Å². The second-order valence-corrected chi connectivity index (χ2v) is 5.73. The van der Waals surface area contributed by atoms with Gasteiger partial charge >= 0.3 is 5.91 Å². The first kappa shape index (κ1) is 13.1. The van der Waals surface area contributed by atoms with Gasteiger partial charge in [0.25, 0.3) is 0 Å². The lowest BCUT2D eigenvalue weighted by Gasteiger charge is -2.37. The molecule has 0 spiro atoms. The Labute approximate surface area is 107 Å². The molecule has 1 saturated heterocycles. The number of piperidine rings is 1. The standard InChI is InChI=1S/C13H21N3O2/c1-13(2)5-3-6-16(9-13)8-10-4-7-18-11(10)12(17)15-14/h4,7H,3,5-6,8-9,14H2,1-2H3,(H,15,17). The molecule has 1 aliphatic heterocycles. The highest BCUT2D eigenvalue weighted by atomic mass is 16.3. The highest BCUT2D eigenvalue weighted by molar-refractivity contribution is 5.92. The molecule has 2 heterocycles. The van der Waals surface area contributed by atoms with Gasteiger partial charge in [0.1, 0.15) is 0 Å². The van der Waals surface area contributed by atoms with E-state index < -0.39 is 0 Å². The number of likely N-dealkylation sites (tertiary alicyclic amines) is 1. The molecule has 100 valence electrons. The predicted octanol–water partition coefficient (Wildman–Crippen LogP) is 1.51. The molecule has 1 aromatic heterocycles. The van der Waals surface area contributed by atoms with Crippen LogP contribution < -0.4 is 11.3 Å². The maximum atomic E-state index is 11.5. The fourth-order valence-electron chi connectivity index (χ4n) is 2.65. The predicted molar refractivity (Wildman–Crippen MR) is 68.7 cm³/mol. The lowest BCUT2D eigenvalue weighted by atomic mass is 9.84. The van der Waals surface area contributed by atoms with Gasteiger partial charge in [0.2, 0.25) is 0 Å². The monoisotopic (exact) mass is 251 g/mol. The van der Waals surface area contributed by atoms with Gasteiger partial charge in [0.05, 0.1) is 6.26 Å². The summed E-state index contributed by atoms with van der Waals surface area (Å²) >= 11 is 0. The van der Waals surface area contributed by atoms with E-state index in [1.165, 1.54) is 19.1 Å². The Balaban J connectivity index is 2.05. The zero-order chi connectivity index (χ0) is 13.2. The van der Waals surface area contributed by atoms with Crippen molar-refractivity contribution in [2.24, 2.45) is 11.3 Å². The number of nitrogens with zero attached hydrogens (tertiary/aromatic N) is 1. The van der Waals surface area contributed by atoms with Crippen LogP contribution in [0.15, 0.2) is 16.7 Å². The van der Waals surface area contributed by atoms with E-state index in [0.29, 0.717) is 11.2 Å². The lowest BCUT2D eigenvalue weighted by molar-refractivity contribution is 0.0915.